The van der Waals surface area contributed by atoms with Crippen LogP contribution in [0.3, 0.4) is 0 Å². The first-order valence-corrected chi connectivity index (χ1v) is 17.2. The molecule has 3 aromatic rings. The van der Waals surface area contributed by atoms with Crippen LogP contribution in [0, 0.1) is 32.8 Å². The van der Waals surface area contributed by atoms with Gasteiger partial charge in [0.2, 0.25) is 0 Å². The summed E-state index contributed by atoms with van der Waals surface area (Å²) in [5, 5.41) is 2.67. The molecule has 0 nitrogen and oxygen atoms in total. The molecule has 0 amide bonds. The van der Waals surface area contributed by atoms with Crippen molar-refractivity contribution < 1.29 is 48.1 Å². The summed E-state index contributed by atoms with van der Waals surface area (Å²) in [5.41, 5.74) is 11.3. The second-order valence-electron chi connectivity index (χ2n) is 8.81. The molecule has 4 heteroatoms. The Kier molecular flexibility index (Phi) is 14.2. The number of hydrogen-bond acceptors (Lipinski definition) is 0. The zero-order chi connectivity index (χ0) is 23.3. The van der Waals surface area contributed by atoms with E-state index in [4.69, 9.17) is 0 Å². The zero-order valence-electron chi connectivity index (χ0n) is 21.5. The van der Waals surface area contributed by atoms with Crippen LogP contribution in [-0.2, 0) is 23.3 Å². The van der Waals surface area contributed by atoms with Gasteiger partial charge in [-0.2, -0.15) is 11.1 Å². The molecule has 0 N–H and O–H groups in total. The molecule has 0 bridgehead atoms. The summed E-state index contributed by atoms with van der Waals surface area (Å²) in [6.07, 6.45) is 3.36. The Labute approximate surface area is 229 Å². The number of fused-ring (bicyclic) bond motifs is 1. The largest absolute Gasteiger partial charge is 1.00 e. The van der Waals surface area contributed by atoms with Crippen molar-refractivity contribution in [1.29, 1.82) is 0 Å². The van der Waals surface area contributed by atoms with Crippen LogP contribution in [0.25, 0.3) is 21.9 Å². The molecule has 176 valence electrons. The maximum atomic E-state index is 3.36. The Morgan fingerprint density at radius 1 is 0.848 bits per heavy atom. The Balaban J connectivity index is 0.000000580. The van der Waals surface area contributed by atoms with Crippen molar-refractivity contribution in [1.82, 2.24) is 0 Å². The first-order valence-electron chi connectivity index (χ1n) is 11.1. The minimum atomic E-state index is 0. The number of rotatable bonds is 1. The predicted molar refractivity (Wildman–Crippen MR) is 137 cm³/mol. The van der Waals surface area contributed by atoms with Gasteiger partial charge in [-0.05, 0) is 31.9 Å². The van der Waals surface area contributed by atoms with Crippen LogP contribution in [0.15, 0.2) is 65.3 Å². The summed E-state index contributed by atoms with van der Waals surface area (Å²) in [7, 11) is 0. The van der Waals surface area contributed by atoms with Gasteiger partial charge in [0, 0.05) is 0 Å². The van der Waals surface area contributed by atoms with E-state index in [0.29, 0.717) is 5.92 Å². The first-order chi connectivity index (χ1) is 14.5. The number of allylic oxidation sites excluding steroid dienone is 4. The molecule has 1 unspecified atom stereocenters. The molecule has 0 radical (unpaired) electrons. The summed E-state index contributed by atoms with van der Waals surface area (Å²) in [6.45, 7) is 19.9. The molecular formula is C29H36Cl2SiZr-2. The first kappa shape index (κ1) is 32.2. The Bertz CT molecular complexity index is 1150. The number of halogens is 2. The van der Waals surface area contributed by atoms with E-state index in [2.05, 4.69) is 116 Å². The molecule has 1 atom stereocenters. The van der Waals surface area contributed by atoms with Gasteiger partial charge in [0.15, 0.2) is 0 Å². The molecule has 1 aliphatic rings. The minimum absolute atomic E-state index is 0. The zero-order valence-corrected chi connectivity index (χ0v) is 26.4. The third kappa shape index (κ3) is 8.43. The van der Waals surface area contributed by atoms with Gasteiger partial charge in [0.05, 0.1) is 0 Å². The van der Waals surface area contributed by atoms with Crippen molar-refractivity contribution in [3.8, 4) is 11.1 Å². The fourth-order valence-corrected chi connectivity index (χ4v) is 3.80. The van der Waals surface area contributed by atoms with Crippen molar-refractivity contribution in [2.24, 2.45) is 5.92 Å². The maximum Gasteiger partial charge on any atom is -0.0393 e. The van der Waals surface area contributed by atoms with Gasteiger partial charge in [-0.1, -0.05) is 56.0 Å². The smallest absolute Gasteiger partial charge is 0.0393 e. The average molecular weight is 575 g/mol. The van der Waals surface area contributed by atoms with E-state index in [0.717, 1.165) is 0 Å². The average Bonchev–Trinajstić information content (AvgIpc) is 3.23. The second kappa shape index (κ2) is 14.6. The SMILES string of the molecule is CC1=[C-]C(C)C(C)=C1C.C[Si](C)=[Zr+2].Cc1ccc(-c2c[cH-]c3ccccc23)c(C)c1C.[Cl-].[Cl-]. The summed E-state index contributed by atoms with van der Waals surface area (Å²) in [6, 6.07) is 17.5. The van der Waals surface area contributed by atoms with Crippen molar-refractivity contribution in [3.63, 3.8) is 0 Å². The molecule has 0 saturated heterocycles. The van der Waals surface area contributed by atoms with E-state index in [9.17, 15) is 0 Å². The standard InChI is InChI=1S/C18H17.C9H13.C2H6Si.2ClH.Zr/c1-12-8-10-16(14(3)13(12)2)18-11-9-15-6-4-5-7-17(15)18;1-6-5-7(2)9(4)8(6)3;1-3-2;;;/h4-11H,1-3H3;6H,1-4H3;1-2H3;2*1H;/q2*-1;;;;+2/p-2. The number of hydrogen-bond donors (Lipinski definition) is 0. The van der Waals surface area contributed by atoms with E-state index in [1.807, 2.05) is 0 Å². The molecule has 0 spiro atoms. The third-order valence-electron chi connectivity index (χ3n) is 6.27. The van der Waals surface area contributed by atoms with Crippen LogP contribution < -0.4 is 24.8 Å². The van der Waals surface area contributed by atoms with Crippen LogP contribution >= 0.6 is 0 Å². The van der Waals surface area contributed by atoms with E-state index >= 15 is 0 Å². The third-order valence-corrected chi connectivity index (χ3v) is 6.27. The second-order valence-corrected chi connectivity index (χ2v) is 18.2. The van der Waals surface area contributed by atoms with Gasteiger partial charge in [0.1, 0.15) is 0 Å². The van der Waals surface area contributed by atoms with Gasteiger partial charge < -0.3 is 24.8 Å². The van der Waals surface area contributed by atoms with E-state index in [-0.39, 0.29) is 30.2 Å². The topological polar surface area (TPSA) is 0 Å². The Morgan fingerprint density at radius 3 is 1.91 bits per heavy atom. The molecule has 0 aromatic heterocycles. The van der Waals surface area contributed by atoms with Crippen LogP contribution in [0.1, 0.15) is 44.4 Å². The molecule has 4 rings (SSSR count). The predicted octanol–water partition coefficient (Wildman–Crippen LogP) is 2.67. The van der Waals surface area contributed by atoms with Crippen molar-refractivity contribution in [2.45, 2.75) is 61.6 Å². The normalized spacial score (nSPS) is 14.3. The van der Waals surface area contributed by atoms with Gasteiger partial charge in [-0.3, -0.25) is 6.08 Å². The monoisotopic (exact) mass is 572 g/mol. The van der Waals surface area contributed by atoms with Crippen LogP contribution in [0.2, 0.25) is 13.1 Å². The van der Waals surface area contributed by atoms with Crippen molar-refractivity contribution in [2.75, 3.05) is 0 Å². The van der Waals surface area contributed by atoms with Crippen molar-refractivity contribution in [3.05, 3.63) is 88.0 Å². The van der Waals surface area contributed by atoms with Crippen LogP contribution in [0.5, 0.6) is 0 Å². The van der Waals surface area contributed by atoms with Gasteiger partial charge in [-0.15, -0.1) is 53.6 Å². The Morgan fingerprint density at radius 2 is 1.42 bits per heavy atom. The van der Waals surface area contributed by atoms with Gasteiger partial charge in [-0.25, -0.2) is 5.57 Å². The molecule has 0 saturated carbocycles. The molecular weight excluding hydrogens is 539 g/mol. The van der Waals surface area contributed by atoms with E-state index in [1.54, 1.807) is 23.3 Å². The van der Waals surface area contributed by atoms with Crippen LogP contribution in [0.4, 0.5) is 0 Å². The summed E-state index contributed by atoms with van der Waals surface area (Å²) in [4.78, 5) is 0. The van der Waals surface area contributed by atoms with Gasteiger partial charge in [0.25, 0.3) is 0 Å². The molecule has 1 aliphatic carbocycles. The quantitative estimate of drug-likeness (QED) is 0.310. The number of aryl methyl sites for hydroxylation is 1. The van der Waals surface area contributed by atoms with E-state index in [1.165, 1.54) is 55.3 Å². The van der Waals surface area contributed by atoms with Crippen LogP contribution in [-0.4, -0.2) is 5.43 Å². The fraction of sp³-hybridized carbons (Fsp3) is 0.345. The summed E-state index contributed by atoms with van der Waals surface area (Å²) in [5.74, 6) is 0.560. The molecule has 33 heavy (non-hydrogen) atoms. The Hall–Kier alpha value is -0.790. The van der Waals surface area contributed by atoms with Gasteiger partial charge >= 0.3 is 41.9 Å². The molecule has 0 aliphatic heterocycles. The maximum absolute atomic E-state index is 3.36. The summed E-state index contributed by atoms with van der Waals surface area (Å²) >= 11 is 1.74. The molecule has 0 fully saturated rings. The molecule has 3 aromatic carbocycles. The van der Waals surface area contributed by atoms with Crippen molar-refractivity contribution >= 4 is 16.2 Å². The fourth-order valence-electron chi connectivity index (χ4n) is 3.80. The van der Waals surface area contributed by atoms with E-state index < -0.39 is 0 Å². The molecule has 0 heterocycles. The summed E-state index contributed by atoms with van der Waals surface area (Å²) < 4.78 is 0. The minimum Gasteiger partial charge on any atom is -1.00 e. The number of benzene rings is 2.